The summed E-state index contributed by atoms with van der Waals surface area (Å²) < 4.78 is 34.4. The zero-order valence-corrected chi connectivity index (χ0v) is 19.6. The van der Waals surface area contributed by atoms with Gasteiger partial charge < -0.3 is 9.64 Å². The largest absolute Gasteiger partial charge is 0.495 e. The first-order chi connectivity index (χ1) is 15.4. The fourth-order valence-electron chi connectivity index (χ4n) is 4.53. The van der Waals surface area contributed by atoms with Crippen molar-refractivity contribution in [2.75, 3.05) is 7.11 Å². The van der Waals surface area contributed by atoms with E-state index in [0.717, 1.165) is 44.1 Å². The molecule has 2 aliphatic rings. The normalized spacial score (nSPS) is 17.8. The maximum Gasteiger partial charge on any atom is 0.254 e. The van der Waals surface area contributed by atoms with Gasteiger partial charge in [-0.25, -0.2) is 13.1 Å². The molecule has 0 aliphatic heterocycles. The molecule has 1 amide bonds. The lowest BCUT2D eigenvalue weighted by molar-refractivity contribution is 0.0654. The number of methoxy groups -OCH3 is 1. The highest BCUT2D eigenvalue weighted by atomic mass is 32.2. The quantitative estimate of drug-likeness (QED) is 0.608. The van der Waals surface area contributed by atoms with Crippen molar-refractivity contribution in [2.24, 2.45) is 5.92 Å². The molecule has 0 radical (unpaired) electrons. The van der Waals surface area contributed by atoms with Gasteiger partial charge in [-0.3, -0.25) is 4.79 Å². The van der Waals surface area contributed by atoms with Crippen LogP contribution >= 0.6 is 0 Å². The van der Waals surface area contributed by atoms with Crippen molar-refractivity contribution in [1.82, 2.24) is 9.62 Å². The molecule has 6 nitrogen and oxygen atoms in total. The molecule has 0 aromatic heterocycles. The third-order valence-corrected chi connectivity index (χ3v) is 8.17. The summed E-state index contributed by atoms with van der Waals surface area (Å²) in [5.41, 5.74) is 1.42. The molecule has 2 saturated carbocycles. The predicted molar refractivity (Wildman–Crippen MR) is 124 cm³/mol. The first-order valence-electron chi connectivity index (χ1n) is 11.4. The Labute approximate surface area is 191 Å². The van der Waals surface area contributed by atoms with Crippen LogP contribution in [0.5, 0.6) is 5.75 Å². The Morgan fingerprint density at radius 2 is 1.78 bits per heavy atom. The van der Waals surface area contributed by atoms with Gasteiger partial charge in [-0.2, -0.15) is 0 Å². The number of rotatable bonds is 9. The Balaban J connectivity index is 1.64. The topological polar surface area (TPSA) is 75.7 Å². The molecule has 0 heterocycles. The minimum Gasteiger partial charge on any atom is -0.495 e. The molecular weight excluding hydrogens is 424 g/mol. The van der Waals surface area contributed by atoms with Crippen molar-refractivity contribution < 1.29 is 17.9 Å². The van der Waals surface area contributed by atoms with Crippen molar-refractivity contribution >= 4 is 15.9 Å². The van der Waals surface area contributed by atoms with Gasteiger partial charge in [0.1, 0.15) is 10.6 Å². The molecular formula is C25H32N2O4S. The number of carbonyl (C=O) groups is 1. The Bertz CT molecular complexity index is 1040. The summed E-state index contributed by atoms with van der Waals surface area (Å²) in [6.07, 6.45) is 5.96. The number of carbonyl (C=O) groups excluding carboxylic acids is 1. The second-order valence-corrected chi connectivity index (χ2v) is 10.6. The fraction of sp³-hybridized carbons (Fsp3) is 0.480. The third-order valence-electron chi connectivity index (χ3n) is 6.63. The molecule has 0 spiro atoms. The van der Waals surface area contributed by atoms with E-state index in [1.807, 2.05) is 35.2 Å². The van der Waals surface area contributed by atoms with Crippen LogP contribution in [0, 0.1) is 5.92 Å². The highest BCUT2D eigenvalue weighted by molar-refractivity contribution is 7.89. The van der Waals surface area contributed by atoms with Crippen molar-refractivity contribution in [2.45, 2.75) is 69.0 Å². The van der Waals surface area contributed by atoms with E-state index in [4.69, 9.17) is 4.74 Å². The van der Waals surface area contributed by atoms with E-state index in [0.29, 0.717) is 18.0 Å². The van der Waals surface area contributed by atoms with E-state index in [1.54, 1.807) is 12.1 Å². The van der Waals surface area contributed by atoms with Crippen molar-refractivity contribution in [1.29, 1.82) is 0 Å². The van der Waals surface area contributed by atoms with Crippen LogP contribution in [0.1, 0.15) is 61.4 Å². The Morgan fingerprint density at radius 3 is 2.41 bits per heavy atom. The first-order valence-corrected chi connectivity index (χ1v) is 12.9. The van der Waals surface area contributed by atoms with Crippen LogP contribution in [0.2, 0.25) is 0 Å². The number of ether oxygens (including phenoxy) is 1. The Morgan fingerprint density at radius 1 is 1.09 bits per heavy atom. The molecule has 2 aromatic rings. The van der Waals surface area contributed by atoms with Crippen LogP contribution in [0.3, 0.4) is 0 Å². The molecule has 172 valence electrons. The third kappa shape index (κ3) is 5.15. The number of nitrogens with one attached hydrogen (secondary N) is 1. The molecule has 0 bridgehead atoms. The second-order valence-electron chi connectivity index (χ2n) is 8.96. The number of amides is 1. The molecule has 2 aliphatic carbocycles. The van der Waals surface area contributed by atoms with Gasteiger partial charge in [0.15, 0.2) is 0 Å². The minimum absolute atomic E-state index is 0.0245. The minimum atomic E-state index is -3.80. The number of benzene rings is 2. The van der Waals surface area contributed by atoms with Crippen LogP contribution in [-0.4, -0.2) is 38.4 Å². The molecule has 0 saturated heterocycles. The van der Waals surface area contributed by atoms with Crippen LogP contribution < -0.4 is 9.46 Å². The average Bonchev–Trinajstić information content (AvgIpc) is 3.54. The lowest BCUT2D eigenvalue weighted by atomic mass is 10.1. The summed E-state index contributed by atoms with van der Waals surface area (Å²) in [6.45, 7) is 2.58. The SMILES string of the molecule is COc1ccc(C(=O)N(Cc2ccccc2)C(C)C2CC2)cc1S(=O)(=O)NC1CCCC1. The van der Waals surface area contributed by atoms with Crippen molar-refractivity contribution in [3.8, 4) is 5.75 Å². The van der Waals surface area contributed by atoms with Gasteiger partial charge in [-0.05, 0) is 62.3 Å². The maximum atomic E-state index is 13.6. The smallest absolute Gasteiger partial charge is 0.254 e. The highest BCUT2D eigenvalue weighted by Gasteiger charge is 2.35. The molecule has 1 atom stereocenters. The summed E-state index contributed by atoms with van der Waals surface area (Å²) in [4.78, 5) is 15.5. The summed E-state index contributed by atoms with van der Waals surface area (Å²) in [6, 6.07) is 14.6. The number of sulfonamides is 1. The van der Waals surface area contributed by atoms with Gasteiger partial charge in [0.05, 0.1) is 7.11 Å². The van der Waals surface area contributed by atoms with E-state index in [9.17, 15) is 13.2 Å². The van der Waals surface area contributed by atoms with Crippen LogP contribution in [0.25, 0.3) is 0 Å². The molecule has 2 aromatic carbocycles. The van der Waals surface area contributed by atoms with Crippen molar-refractivity contribution in [3.63, 3.8) is 0 Å². The van der Waals surface area contributed by atoms with E-state index in [-0.39, 0.29) is 28.6 Å². The molecule has 4 rings (SSSR count). The van der Waals surface area contributed by atoms with E-state index in [2.05, 4.69) is 11.6 Å². The van der Waals surface area contributed by atoms with Crippen LogP contribution in [0.15, 0.2) is 53.4 Å². The van der Waals surface area contributed by atoms with Crippen LogP contribution in [0.4, 0.5) is 0 Å². The summed E-state index contributed by atoms with van der Waals surface area (Å²) in [7, 11) is -2.35. The van der Waals surface area contributed by atoms with Gasteiger partial charge in [0.2, 0.25) is 10.0 Å². The number of nitrogens with zero attached hydrogens (tertiary/aromatic N) is 1. The van der Waals surface area contributed by atoms with Gasteiger partial charge in [0, 0.05) is 24.2 Å². The Kier molecular flexibility index (Phi) is 6.86. The van der Waals surface area contributed by atoms with Gasteiger partial charge in [0.25, 0.3) is 5.91 Å². The first kappa shape index (κ1) is 22.8. The Hall–Kier alpha value is -2.38. The molecule has 2 fully saturated rings. The molecule has 32 heavy (non-hydrogen) atoms. The maximum absolute atomic E-state index is 13.6. The van der Waals surface area contributed by atoms with Gasteiger partial charge in [-0.1, -0.05) is 43.2 Å². The van der Waals surface area contributed by atoms with E-state index >= 15 is 0 Å². The summed E-state index contributed by atoms with van der Waals surface area (Å²) in [5, 5.41) is 0. The monoisotopic (exact) mass is 456 g/mol. The lowest BCUT2D eigenvalue weighted by Gasteiger charge is -2.30. The summed E-state index contributed by atoms with van der Waals surface area (Å²) >= 11 is 0. The summed E-state index contributed by atoms with van der Waals surface area (Å²) in [5.74, 6) is 0.582. The van der Waals surface area contributed by atoms with Gasteiger partial charge in [-0.15, -0.1) is 0 Å². The number of hydrogen-bond acceptors (Lipinski definition) is 4. The van der Waals surface area contributed by atoms with Crippen molar-refractivity contribution in [3.05, 3.63) is 59.7 Å². The standard InChI is InChI=1S/C25H32N2O4S/c1-18(20-12-13-20)27(17-19-8-4-3-5-9-19)25(28)21-14-15-23(31-2)24(16-21)32(29,30)26-22-10-6-7-11-22/h3-5,8-9,14-16,18,20,22,26H,6-7,10-13,17H2,1-2H3. The lowest BCUT2D eigenvalue weighted by Crippen LogP contribution is -2.39. The number of hydrogen-bond donors (Lipinski definition) is 1. The zero-order chi connectivity index (χ0) is 22.7. The van der Waals surface area contributed by atoms with Crippen LogP contribution in [-0.2, 0) is 16.6 Å². The molecule has 1 unspecified atom stereocenters. The van der Waals surface area contributed by atoms with E-state index in [1.165, 1.54) is 13.2 Å². The predicted octanol–water partition coefficient (Wildman–Crippen LogP) is 4.36. The van der Waals surface area contributed by atoms with E-state index < -0.39 is 10.0 Å². The average molecular weight is 457 g/mol. The fourth-order valence-corrected chi connectivity index (χ4v) is 6.03. The zero-order valence-electron chi connectivity index (χ0n) is 18.8. The molecule has 1 N–H and O–H groups in total. The second kappa shape index (κ2) is 9.63. The highest BCUT2D eigenvalue weighted by Crippen LogP contribution is 2.36. The molecule has 7 heteroatoms. The van der Waals surface area contributed by atoms with Gasteiger partial charge >= 0.3 is 0 Å².